The summed E-state index contributed by atoms with van der Waals surface area (Å²) in [7, 11) is 4.47. The number of thiophene rings is 1. The number of aromatic nitrogens is 3. The van der Waals surface area contributed by atoms with Crippen LogP contribution in [0.25, 0.3) is 11.4 Å². The number of nitrogen functional groups attached to an aromatic ring is 1. The maximum atomic E-state index is 10.1. The molecule has 5 aliphatic rings. The second-order valence-electron chi connectivity index (χ2n) is 14.0. The van der Waals surface area contributed by atoms with Gasteiger partial charge in [-0.2, -0.15) is 10.2 Å². The SMILES string of the molecule is C[C@H]1CN(C)CCCN1c1nc(-c2noc3c2CCC[C@@]32CCCc3sc(N)c(C#N)c32)cc(N2CCN(C)C3(CC3)C2)n1. The zero-order chi connectivity index (χ0) is 30.2. The molecule has 1 saturated carbocycles. The predicted octanol–water partition coefficient (Wildman–Crippen LogP) is 4.42. The van der Waals surface area contributed by atoms with Crippen molar-refractivity contribution in [1.29, 1.82) is 5.26 Å². The van der Waals surface area contributed by atoms with Crippen molar-refractivity contribution in [2.24, 2.45) is 0 Å². The van der Waals surface area contributed by atoms with Crippen molar-refractivity contribution in [3.63, 3.8) is 0 Å². The molecule has 0 bridgehead atoms. The fourth-order valence-electron chi connectivity index (χ4n) is 8.69. The fraction of sp³-hybridized carbons (Fsp3) is 0.636. The van der Waals surface area contributed by atoms with Crippen LogP contribution < -0.4 is 15.5 Å². The molecule has 0 radical (unpaired) electrons. The highest BCUT2D eigenvalue weighted by molar-refractivity contribution is 7.16. The molecule has 232 valence electrons. The van der Waals surface area contributed by atoms with Crippen molar-refractivity contribution in [3.8, 4) is 17.5 Å². The highest BCUT2D eigenvalue weighted by atomic mass is 32.1. The van der Waals surface area contributed by atoms with E-state index in [4.69, 9.17) is 25.4 Å². The first-order chi connectivity index (χ1) is 21.3. The number of hydrogen-bond donors (Lipinski definition) is 1. The van der Waals surface area contributed by atoms with Crippen molar-refractivity contribution < 1.29 is 4.52 Å². The minimum atomic E-state index is -0.343. The summed E-state index contributed by atoms with van der Waals surface area (Å²) in [6.45, 7) is 8.26. The van der Waals surface area contributed by atoms with Crippen molar-refractivity contribution in [3.05, 3.63) is 33.4 Å². The number of rotatable bonds is 3. The summed E-state index contributed by atoms with van der Waals surface area (Å²) in [6, 6.07) is 4.91. The topological polar surface area (TPSA) is 115 Å². The summed E-state index contributed by atoms with van der Waals surface area (Å²) in [5, 5.41) is 15.6. The zero-order valence-corrected chi connectivity index (χ0v) is 27.0. The molecular formula is C33H43N9OS. The molecule has 3 aliphatic carbocycles. The predicted molar refractivity (Wildman–Crippen MR) is 173 cm³/mol. The quantitative estimate of drug-likeness (QED) is 0.455. The van der Waals surface area contributed by atoms with Gasteiger partial charge < -0.3 is 25.0 Å². The van der Waals surface area contributed by atoms with Crippen LogP contribution in [0.2, 0.25) is 0 Å². The third-order valence-corrected chi connectivity index (χ3v) is 12.3. The Bertz CT molecular complexity index is 1630. The summed E-state index contributed by atoms with van der Waals surface area (Å²) >= 11 is 1.58. The van der Waals surface area contributed by atoms with Crippen molar-refractivity contribution >= 4 is 28.1 Å². The molecule has 2 spiro atoms. The third kappa shape index (κ3) is 4.36. The molecule has 44 heavy (non-hydrogen) atoms. The maximum absolute atomic E-state index is 10.1. The summed E-state index contributed by atoms with van der Waals surface area (Å²) in [6.07, 6.45) is 9.42. The number of hydrogen-bond acceptors (Lipinski definition) is 11. The monoisotopic (exact) mass is 613 g/mol. The van der Waals surface area contributed by atoms with Crippen molar-refractivity contribution in [2.45, 2.75) is 81.7 Å². The molecule has 2 N–H and O–H groups in total. The number of fused-ring (bicyclic) bond motifs is 4. The number of nitrogens with two attached hydrogens (primary N) is 1. The number of aryl methyl sites for hydroxylation is 1. The molecule has 0 aromatic carbocycles. The van der Waals surface area contributed by atoms with Gasteiger partial charge in [0.1, 0.15) is 28.3 Å². The number of nitriles is 1. The highest BCUT2D eigenvalue weighted by Gasteiger charge is 2.51. The van der Waals surface area contributed by atoms with E-state index in [2.05, 4.69) is 52.8 Å². The first-order valence-corrected chi connectivity index (χ1v) is 17.3. The van der Waals surface area contributed by atoms with Crippen LogP contribution in [0.3, 0.4) is 0 Å². The van der Waals surface area contributed by atoms with Crippen LogP contribution in [0.1, 0.15) is 79.2 Å². The number of nitrogens with zero attached hydrogens (tertiary/aromatic N) is 8. The fourth-order valence-corrected chi connectivity index (χ4v) is 9.85. The maximum Gasteiger partial charge on any atom is 0.228 e. The Hall–Kier alpha value is -3.20. The van der Waals surface area contributed by atoms with Crippen molar-refractivity contribution in [2.75, 3.05) is 68.9 Å². The van der Waals surface area contributed by atoms with E-state index in [0.29, 0.717) is 16.6 Å². The lowest BCUT2D eigenvalue weighted by Gasteiger charge is -2.41. The van der Waals surface area contributed by atoms with Crippen LogP contribution in [0.5, 0.6) is 0 Å². The summed E-state index contributed by atoms with van der Waals surface area (Å²) in [5.41, 5.74) is 10.9. The number of piperazine rings is 1. The molecule has 2 atom stereocenters. The molecule has 8 rings (SSSR count). The smallest absolute Gasteiger partial charge is 0.228 e. The molecule has 3 fully saturated rings. The Morgan fingerprint density at radius 1 is 1.05 bits per heavy atom. The van der Waals surface area contributed by atoms with Gasteiger partial charge in [0.05, 0.1) is 11.0 Å². The third-order valence-electron chi connectivity index (χ3n) is 11.3. The van der Waals surface area contributed by atoms with Gasteiger partial charge in [-0.1, -0.05) is 5.16 Å². The summed E-state index contributed by atoms with van der Waals surface area (Å²) < 4.78 is 6.39. The normalized spacial score (nSPS) is 26.8. The van der Waals surface area contributed by atoms with Gasteiger partial charge in [-0.15, -0.1) is 11.3 Å². The lowest BCUT2D eigenvalue weighted by molar-refractivity contribution is 0.198. The van der Waals surface area contributed by atoms with E-state index in [9.17, 15) is 5.26 Å². The molecular weight excluding hydrogens is 570 g/mol. The van der Waals surface area contributed by atoms with Crippen LogP contribution in [0, 0.1) is 11.3 Å². The lowest BCUT2D eigenvalue weighted by atomic mass is 9.63. The van der Waals surface area contributed by atoms with Crippen LogP contribution in [0.4, 0.5) is 16.8 Å². The van der Waals surface area contributed by atoms with E-state index >= 15 is 0 Å². The average Bonchev–Trinajstić information content (AvgIpc) is 3.56. The Labute approximate surface area is 263 Å². The lowest BCUT2D eigenvalue weighted by Crippen LogP contribution is -2.53. The van der Waals surface area contributed by atoms with Gasteiger partial charge in [-0.25, -0.2) is 4.98 Å². The second kappa shape index (κ2) is 10.4. The van der Waals surface area contributed by atoms with Gasteiger partial charge in [0, 0.05) is 60.8 Å². The minimum absolute atomic E-state index is 0.279. The van der Waals surface area contributed by atoms with Crippen LogP contribution in [-0.4, -0.2) is 89.9 Å². The van der Waals surface area contributed by atoms with Gasteiger partial charge in [0.2, 0.25) is 5.95 Å². The standard InChI is InChI=1S/C33H43N9OS/c1-21-19-39(2)13-6-14-42(21)31-36-24(17-26(37-31)41-16-15-40(3)32(20-41)11-12-32)28-22-7-4-9-33(29(22)43-38-28)10-5-8-25-27(33)23(18-34)30(35)44-25/h17,21H,4-16,19-20,35H2,1-3H3/t21-,33-/m0/s1. The zero-order valence-electron chi connectivity index (χ0n) is 26.2. The van der Waals surface area contributed by atoms with Gasteiger partial charge in [0.25, 0.3) is 0 Å². The van der Waals surface area contributed by atoms with Crippen LogP contribution in [0.15, 0.2) is 10.6 Å². The molecule has 10 nitrogen and oxygen atoms in total. The van der Waals surface area contributed by atoms with Crippen LogP contribution >= 0.6 is 11.3 Å². The van der Waals surface area contributed by atoms with Crippen molar-refractivity contribution in [1.82, 2.24) is 24.9 Å². The van der Waals surface area contributed by atoms with E-state index < -0.39 is 0 Å². The Morgan fingerprint density at radius 2 is 1.86 bits per heavy atom. The van der Waals surface area contributed by atoms with Gasteiger partial charge >= 0.3 is 0 Å². The summed E-state index contributed by atoms with van der Waals surface area (Å²) in [4.78, 5) is 21.6. The Balaban J connectivity index is 1.24. The second-order valence-corrected chi connectivity index (χ2v) is 15.2. The number of likely N-dealkylation sites (N-methyl/N-ethyl adjacent to an activating group) is 2. The van der Waals surface area contributed by atoms with Gasteiger partial charge in [-0.3, -0.25) is 4.90 Å². The van der Waals surface area contributed by atoms with E-state index in [0.717, 1.165) is 124 Å². The highest BCUT2D eigenvalue weighted by Crippen LogP contribution is 2.55. The Kier molecular flexibility index (Phi) is 6.70. The average molecular weight is 614 g/mol. The molecule has 11 heteroatoms. The molecule has 2 saturated heterocycles. The van der Waals surface area contributed by atoms with E-state index in [1.807, 2.05) is 0 Å². The molecule has 3 aromatic heterocycles. The first-order valence-electron chi connectivity index (χ1n) is 16.4. The largest absolute Gasteiger partial charge is 0.389 e. The molecule has 0 amide bonds. The van der Waals surface area contributed by atoms with E-state index in [-0.39, 0.29) is 11.0 Å². The van der Waals surface area contributed by atoms with E-state index in [1.54, 1.807) is 11.3 Å². The number of anilines is 3. The molecule has 3 aromatic rings. The molecule has 5 heterocycles. The molecule has 2 aliphatic heterocycles. The summed E-state index contributed by atoms with van der Waals surface area (Å²) in [5.74, 6) is 2.72. The minimum Gasteiger partial charge on any atom is -0.389 e. The van der Waals surface area contributed by atoms with Crippen LogP contribution in [-0.2, 0) is 18.3 Å². The Morgan fingerprint density at radius 3 is 2.66 bits per heavy atom. The van der Waals surface area contributed by atoms with Gasteiger partial charge in [0.15, 0.2) is 5.76 Å². The van der Waals surface area contributed by atoms with Gasteiger partial charge in [-0.05, 0) is 90.9 Å². The van der Waals surface area contributed by atoms with E-state index in [1.165, 1.54) is 17.7 Å². The molecule has 0 unspecified atom stereocenters. The first kappa shape index (κ1) is 28.3.